The van der Waals surface area contributed by atoms with Crippen LogP contribution in [0.4, 0.5) is 0 Å². The molecule has 1 fully saturated rings. The van der Waals surface area contributed by atoms with Crippen molar-refractivity contribution in [1.82, 2.24) is 0 Å². The summed E-state index contributed by atoms with van der Waals surface area (Å²) in [6.07, 6.45) is 1.62. The van der Waals surface area contributed by atoms with Gasteiger partial charge in [0.2, 0.25) is 0 Å². The van der Waals surface area contributed by atoms with Gasteiger partial charge in [0, 0.05) is 13.0 Å². The van der Waals surface area contributed by atoms with E-state index in [0.29, 0.717) is 32.5 Å². The molecule has 0 aromatic heterocycles. The van der Waals surface area contributed by atoms with E-state index in [4.69, 9.17) is 14.7 Å². The summed E-state index contributed by atoms with van der Waals surface area (Å²) in [5.41, 5.74) is 0. The summed E-state index contributed by atoms with van der Waals surface area (Å²) in [5, 5.41) is 8.39. The summed E-state index contributed by atoms with van der Waals surface area (Å²) < 4.78 is 10.3. The molecule has 1 aliphatic rings. The number of ether oxygens (including phenoxy) is 2. The van der Waals surface area contributed by atoms with Gasteiger partial charge in [-0.1, -0.05) is 0 Å². The number of nitriles is 1. The second-order valence-corrected chi connectivity index (χ2v) is 3.35. The highest BCUT2D eigenvalue weighted by molar-refractivity contribution is 5.74. The lowest BCUT2D eigenvalue weighted by Crippen LogP contribution is -2.14. The maximum atomic E-state index is 11.3. The van der Waals surface area contributed by atoms with Crippen LogP contribution in [-0.4, -0.2) is 25.3 Å². The highest BCUT2D eigenvalue weighted by Crippen LogP contribution is 2.25. The monoisotopic (exact) mass is 197 g/mol. The highest BCUT2D eigenvalue weighted by Gasteiger charge is 2.33. The molecule has 0 radical (unpaired) electrons. The van der Waals surface area contributed by atoms with Gasteiger partial charge in [-0.25, -0.2) is 0 Å². The SMILES string of the molecule is CCOCC1CC(CCC#N)C(=O)O1. The van der Waals surface area contributed by atoms with Gasteiger partial charge in [0.15, 0.2) is 0 Å². The van der Waals surface area contributed by atoms with E-state index in [1.165, 1.54) is 0 Å². The zero-order valence-electron chi connectivity index (χ0n) is 8.36. The molecule has 0 spiro atoms. The fourth-order valence-corrected chi connectivity index (χ4v) is 1.55. The smallest absolute Gasteiger partial charge is 0.309 e. The van der Waals surface area contributed by atoms with Crippen LogP contribution in [0.2, 0.25) is 0 Å². The predicted octanol–water partition coefficient (Wildman–Crippen LogP) is 1.26. The van der Waals surface area contributed by atoms with Crippen LogP contribution in [0.15, 0.2) is 0 Å². The molecule has 1 aliphatic heterocycles. The summed E-state index contributed by atoms with van der Waals surface area (Å²) in [5.74, 6) is -0.273. The largest absolute Gasteiger partial charge is 0.460 e. The number of carbonyl (C=O) groups is 1. The van der Waals surface area contributed by atoms with Gasteiger partial charge in [0.05, 0.1) is 18.6 Å². The first-order valence-corrected chi connectivity index (χ1v) is 4.93. The topological polar surface area (TPSA) is 59.3 Å². The van der Waals surface area contributed by atoms with Crippen molar-refractivity contribution in [3.05, 3.63) is 0 Å². The van der Waals surface area contributed by atoms with Crippen LogP contribution in [-0.2, 0) is 14.3 Å². The van der Waals surface area contributed by atoms with Crippen molar-refractivity contribution in [2.45, 2.75) is 32.3 Å². The summed E-state index contributed by atoms with van der Waals surface area (Å²) in [7, 11) is 0. The minimum absolute atomic E-state index is 0.0971. The van der Waals surface area contributed by atoms with Gasteiger partial charge in [-0.05, 0) is 19.8 Å². The zero-order chi connectivity index (χ0) is 10.4. The lowest BCUT2D eigenvalue weighted by Gasteiger charge is -2.07. The number of carbonyl (C=O) groups excluding carboxylic acids is 1. The molecule has 0 saturated carbocycles. The zero-order valence-corrected chi connectivity index (χ0v) is 8.36. The Hall–Kier alpha value is -1.08. The third-order valence-corrected chi connectivity index (χ3v) is 2.28. The first-order valence-electron chi connectivity index (χ1n) is 4.93. The van der Waals surface area contributed by atoms with E-state index in [0.717, 1.165) is 0 Å². The van der Waals surface area contributed by atoms with Crippen molar-refractivity contribution < 1.29 is 14.3 Å². The second-order valence-electron chi connectivity index (χ2n) is 3.35. The van der Waals surface area contributed by atoms with Crippen molar-refractivity contribution in [3.63, 3.8) is 0 Å². The Labute approximate surface area is 83.8 Å². The van der Waals surface area contributed by atoms with E-state index in [1.807, 2.05) is 13.0 Å². The van der Waals surface area contributed by atoms with Crippen LogP contribution in [0, 0.1) is 17.2 Å². The average Bonchev–Trinajstić information content (AvgIpc) is 2.53. The molecule has 14 heavy (non-hydrogen) atoms. The predicted molar refractivity (Wildman–Crippen MR) is 49.3 cm³/mol. The number of hydrogen-bond donors (Lipinski definition) is 0. The number of nitrogens with zero attached hydrogens (tertiary/aromatic N) is 1. The Morgan fingerprint density at radius 3 is 3.14 bits per heavy atom. The molecular weight excluding hydrogens is 182 g/mol. The maximum absolute atomic E-state index is 11.3. The normalized spacial score (nSPS) is 25.9. The van der Waals surface area contributed by atoms with Crippen LogP contribution in [0.1, 0.15) is 26.2 Å². The van der Waals surface area contributed by atoms with Gasteiger partial charge in [-0.3, -0.25) is 4.79 Å². The molecule has 0 aliphatic carbocycles. The quantitative estimate of drug-likeness (QED) is 0.622. The Morgan fingerprint density at radius 1 is 1.71 bits per heavy atom. The summed E-state index contributed by atoms with van der Waals surface area (Å²) in [6.45, 7) is 3.02. The molecular formula is C10H15NO3. The fraction of sp³-hybridized carbons (Fsp3) is 0.800. The third kappa shape index (κ3) is 3.00. The summed E-state index contributed by atoms with van der Waals surface area (Å²) in [4.78, 5) is 11.3. The van der Waals surface area contributed by atoms with Crippen molar-refractivity contribution in [1.29, 1.82) is 5.26 Å². The Bertz CT molecular complexity index is 234. The van der Waals surface area contributed by atoms with E-state index < -0.39 is 0 Å². The molecule has 0 amide bonds. The molecule has 4 nitrogen and oxygen atoms in total. The van der Waals surface area contributed by atoms with Gasteiger partial charge < -0.3 is 9.47 Å². The van der Waals surface area contributed by atoms with Crippen LogP contribution < -0.4 is 0 Å². The Morgan fingerprint density at radius 2 is 2.50 bits per heavy atom. The standard InChI is InChI=1S/C10H15NO3/c1-2-13-7-9-6-8(4-3-5-11)10(12)14-9/h8-9H,2-4,6-7H2,1H3. The summed E-state index contributed by atoms with van der Waals surface area (Å²) >= 11 is 0. The second kappa shape index (κ2) is 5.61. The Balaban J connectivity index is 2.29. The molecule has 2 unspecified atom stereocenters. The van der Waals surface area contributed by atoms with E-state index in [2.05, 4.69) is 0 Å². The third-order valence-electron chi connectivity index (χ3n) is 2.28. The lowest BCUT2D eigenvalue weighted by molar-refractivity contribution is -0.146. The average molecular weight is 197 g/mol. The Kier molecular flexibility index (Phi) is 4.41. The number of esters is 1. The van der Waals surface area contributed by atoms with Crippen molar-refractivity contribution in [3.8, 4) is 6.07 Å². The van der Waals surface area contributed by atoms with Gasteiger partial charge in [0.1, 0.15) is 6.10 Å². The van der Waals surface area contributed by atoms with Crippen LogP contribution in [0.5, 0.6) is 0 Å². The molecule has 2 atom stereocenters. The molecule has 4 heteroatoms. The molecule has 0 aromatic carbocycles. The summed E-state index contributed by atoms with van der Waals surface area (Å²) in [6, 6.07) is 2.03. The minimum atomic E-state index is -0.176. The molecule has 1 rings (SSSR count). The van der Waals surface area contributed by atoms with Crippen molar-refractivity contribution in [2.24, 2.45) is 5.92 Å². The van der Waals surface area contributed by atoms with E-state index in [1.54, 1.807) is 0 Å². The van der Waals surface area contributed by atoms with E-state index in [9.17, 15) is 4.79 Å². The van der Waals surface area contributed by atoms with Crippen LogP contribution >= 0.6 is 0 Å². The number of cyclic esters (lactones) is 1. The molecule has 1 saturated heterocycles. The fourth-order valence-electron chi connectivity index (χ4n) is 1.55. The van der Waals surface area contributed by atoms with Crippen molar-refractivity contribution >= 4 is 5.97 Å². The van der Waals surface area contributed by atoms with Gasteiger partial charge in [0.25, 0.3) is 0 Å². The van der Waals surface area contributed by atoms with Gasteiger partial charge in [-0.15, -0.1) is 0 Å². The molecule has 0 bridgehead atoms. The van der Waals surface area contributed by atoms with Gasteiger partial charge in [-0.2, -0.15) is 5.26 Å². The lowest BCUT2D eigenvalue weighted by atomic mass is 10.00. The number of rotatable bonds is 5. The molecule has 78 valence electrons. The van der Waals surface area contributed by atoms with E-state index >= 15 is 0 Å². The van der Waals surface area contributed by atoms with Crippen molar-refractivity contribution in [2.75, 3.05) is 13.2 Å². The maximum Gasteiger partial charge on any atom is 0.309 e. The van der Waals surface area contributed by atoms with Gasteiger partial charge >= 0.3 is 5.97 Å². The first-order chi connectivity index (χ1) is 6.77. The number of hydrogen-bond acceptors (Lipinski definition) is 4. The minimum Gasteiger partial charge on any atom is -0.460 e. The first kappa shape index (κ1) is 11.0. The van der Waals surface area contributed by atoms with Crippen LogP contribution in [0.3, 0.4) is 0 Å². The van der Waals surface area contributed by atoms with Crippen LogP contribution in [0.25, 0.3) is 0 Å². The highest BCUT2D eigenvalue weighted by atomic mass is 16.6. The molecule has 1 heterocycles. The molecule has 0 N–H and O–H groups in total. The van der Waals surface area contributed by atoms with E-state index in [-0.39, 0.29) is 18.0 Å². The molecule has 0 aromatic rings.